The summed E-state index contributed by atoms with van der Waals surface area (Å²) in [5.74, 6) is -1.06. The molecule has 0 spiro atoms. The Morgan fingerprint density at radius 3 is 2.92 bits per heavy atom. The highest BCUT2D eigenvalue weighted by molar-refractivity contribution is 5.77. The molecule has 12 heavy (non-hydrogen) atoms. The Hall–Kier alpha value is -1.43. The van der Waals surface area contributed by atoms with E-state index < -0.39 is 11.5 Å². The van der Waals surface area contributed by atoms with Crippen molar-refractivity contribution in [2.24, 2.45) is 5.73 Å². The fraction of sp³-hybridized carbons (Fsp3) is 0.500. The molecule has 1 aromatic rings. The molecule has 1 aromatic heterocycles. The monoisotopic (exact) mass is 170 g/mol. The predicted molar refractivity (Wildman–Crippen MR) is 40.3 cm³/mol. The minimum Gasteiger partial charge on any atom is -0.480 e. The van der Waals surface area contributed by atoms with E-state index in [4.69, 9.17) is 10.8 Å². The van der Waals surface area contributed by atoms with E-state index in [1.54, 1.807) is 0 Å². The molecule has 6 heteroatoms. The molecule has 1 atom stereocenters. The number of hydrogen-bond donors (Lipinski definition) is 2. The van der Waals surface area contributed by atoms with Crippen LogP contribution in [-0.2, 0) is 11.3 Å². The van der Waals surface area contributed by atoms with E-state index in [1.165, 1.54) is 24.3 Å². The summed E-state index contributed by atoms with van der Waals surface area (Å²) in [6.07, 6.45) is 2.76. The molecule has 0 amide bonds. The standard InChI is InChI=1S/C6H10N4O2/c1-6(7,5(11)12)2-10-4-8-3-9-10/h3-4H,2,7H2,1H3,(H,11,12)/t6-/m1/s1. The SMILES string of the molecule is C[C@@](N)(Cn1cncn1)C(=O)O. The fourth-order valence-electron chi connectivity index (χ4n) is 0.719. The lowest BCUT2D eigenvalue weighted by Crippen LogP contribution is -2.48. The summed E-state index contributed by atoms with van der Waals surface area (Å²) in [4.78, 5) is 14.2. The van der Waals surface area contributed by atoms with E-state index in [1.807, 2.05) is 0 Å². The van der Waals surface area contributed by atoms with Crippen molar-refractivity contribution in [2.45, 2.75) is 19.0 Å². The lowest BCUT2D eigenvalue weighted by molar-refractivity contribution is -0.143. The summed E-state index contributed by atoms with van der Waals surface area (Å²) in [5.41, 5.74) is 4.16. The molecule has 0 fully saturated rings. The number of rotatable bonds is 3. The summed E-state index contributed by atoms with van der Waals surface area (Å²) >= 11 is 0. The van der Waals surface area contributed by atoms with E-state index in [-0.39, 0.29) is 6.54 Å². The zero-order valence-corrected chi connectivity index (χ0v) is 6.64. The second-order valence-electron chi connectivity index (χ2n) is 2.82. The van der Waals surface area contributed by atoms with Crippen molar-refractivity contribution < 1.29 is 9.90 Å². The van der Waals surface area contributed by atoms with Crippen LogP contribution in [0.15, 0.2) is 12.7 Å². The Morgan fingerprint density at radius 2 is 2.50 bits per heavy atom. The quantitative estimate of drug-likeness (QED) is 0.611. The van der Waals surface area contributed by atoms with Crippen molar-refractivity contribution >= 4 is 5.97 Å². The predicted octanol–water partition coefficient (Wildman–Crippen LogP) is -0.920. The minimum atomic E-state index is -1.30. The van der Waals surface area contributed by atoms with Crippen molar-refractivity contribution in [3.05, 3.63) is 12.7 Å². The van der Waals surface area contributed by atoms with Gasteiger partial charge in [0.15, 0.2) is 0 Å². The van der Waals surface area contributed by atoms with Gasteiger partial charge in [-0.05, 0) is 6.92 Å². The van der Waals surface area contributed by atoms with Gasteiger partial charge in [-0.3, -0.25) is 9.48 Å². The maximum atomic E-state index is 10.6. The molecule has 3 N–H and O–H groups in total. The van der Waals surface area contributed by atoms with Gasteiger partial charge in [-0.2, -0.15) is 5.10 Å². The van der Waals surface area contributed by atoms with E-state index in [0.717, 1.165) is 0 Å². The first-order valence-corrected chi connectivity index (χ1v) is 3.37. The van der Waals surface area contributed by atoms with Crippen LogP contribution in [0.25, 0.3) is 0 Å². The normalized spacial score (nSPS) is 15.5. The van der Waals surface area contributed by atoms with Crippen LogP contribution in [0, 0.1) is 0 Å². The molecule has 0 unspecified atom stereocenters. The van der Waals surface area contributed by atoms with Gasteiger partial charge in [0, 0.05) is 0 Å². The van der Waals surface area contributed by atoms with Crippen LogP contribution in [0.3, 0.4) is 0 Å². The third-order valence-corrected chi connectivity index (χ3v) is 1.45. The van der Waals surface area contributed by atoms with Crippen LogP contribution in [0.2, 0.25) is 0 Å². The molecule has 0 saturated heterocycles. The summed E-state index contributed by atoms with van der Waals surface area (Å²) in [6.45, 7) is 1.54. The second kappa shape index (κ2) is 2.90. The number of hydrogen-bond acceptors (Lipinski definition) is 4. The number of carboxylic acid groups (broad SMARTS) is 1. The maximum absolute atomic E-state index is 10.6. The van der Waals surface area contributed by atoms with Crippen molar-refractivity contribution in [3.8, 4) is 0 Å². The molecule has 6 nitrogen and oxygen atoms in total. The van der Waals surface area contributed by atoms with Gasteiger partial charge in [-0.1, -0.05) is 0 Å². The highest BCUT2D eigenvalue weighted by Gasteiger charge is 2.28. The summed E-state index contributed by atoms with van der Waals surface area (Å²) in [6, 6.07) is 0. The summed E-state index contributed by atoms with van der Waals surface area (Å²) in [7, 11) is 0. The third-order valence-electron chi connectivity index (χ3n) is 1.45. The molecule has 66 valence electrons. The third kappa shape index (κ3) is 1.79. The Balaban J connectivity index is 2.69. The van der Waals surface area contributed by atoms with Gasteiger partial charge in [-0.25, -0.2) is 4.98 Å². The number of aliphatic carboxylic acids is 1. The first kappa shape index (κ1) is 8.66. The molecule has 1 heterocycles. The molecule has 0 bridgehead atoms. The second-order valence-corrected chi connectivity index (χ2v) is 2.82. The van der Waals surface area contributed by atoms with Gasteiger partial charge >= 0.3 is 5.97 Å². The van der Waals surface area contributed by atoms with E-state index in [9.17, 15) is 4.79 Å². The molecule has 0 aromatic carbocycles. The van der Waals surface area contributed by atoms with Gasteiger partial charge in [0.1, 0.15) is 18.2 Å². The zero-order chi connectivity index (χ0) is 9.19. The van der Waals surface area contributed by atoms with Gasteiger partial charge in [-0.15, -0.1) is 0 Å². The smallest absolute Gasteiger partial charge is 0.325 e. The van der Waals surface area contributed by atoms with Crippen molar-refractivity contribution in [1.82, 2.24) is 14.8 Å². The molecule has 0 saturated carbocycles. The zero-order valence-electron chi connectivity index (χ0n) is 6.64. The Morgan fingerprint density at radius 1 is 1.83 bits per heavy atom. The lowest BCUT2D eigenvalue weighted by Gasteiger charge is -2.17. The largest absolute Gasteiger partial charge is 0.480 e. The fourth-order valence-corrected chi connectivity index (χ4v) is 0.719. The molecular weight excluding hydrogens is 160 g/mol. The molecule has 0 aliphatic carbocycles. The van der Waals surface area contributed by atoms with Crippen LogP contribution in [-0.4, -0.2) is 31.4 Å². The number of nitrogens with two attached hydrogens (primary N) is 1. The molecule has 0 aliphatic heterocycles. The van der Waals surface area contributed by atoms with Crippen molar-refractivity contribution in [2.75, 3.05) is 0 Å². The summed E-state index contributed by atoms with van der Waals surface area (Å²) in [5, 5.41) is 12.4. The van der Waals surface area contributed by atoms with Gasteiger partial charge in [0.05, 0.1) is 6.54 Å². The number of aromatic nitrogens is 3. The van der Waals surface area contributed by atoms with Crippen LogP contribution in [0.5, 0.6) is 0 Å². The van der Waals surface area contributed by atoms with Crippen LogP contribution in [0.4, 0.5) is 0 Å². The summed E-state index contributed by atoms with van der Waals surface area (Å²) < 4.78 is 1.38. The van der Waals surface area contributed by atoms with Gasteiger partial charge < -0.3 is 10.8 Å². The first-order chi connectivity index (χ1) is 5.52. The highest BCUT2D eigenvalue weighted by Crippen LogP contribution is 2.01. The maximum Gasteiger partial charge on any atom is 0.325 e. The van der Waals surface area contributed by atoms with Crippen molar-refractivity contribution in [3.63, 3.8) is 0 Å². The van der Waals surface area contributed by atoms with E-state index >= 15 is 0 Å². The van der Waals surface area contributed by atoms with Crippen molar-refractivity contribution in [1.29, 1.82) is 0 Å². The number of carbonyl (C=O) groups is 1. The van der Waals surface area contributed by atoms with Crippen LogP contribution < -0.4 is 5.73 Å². The Labute approximate surface area is 69.0 Å². The van der Waals surface area contributed by atoms with Crippen LogP contribution >= 0.6 is 0 Å². The molecule has 0 radical (unpaired) electrons. The Bertz CT molecular complexity index is 267. The average Bonchev–Trinajstić information content (AvgIpc) is 2.38. The molecule has 0 aliphatic rings. The number of carboxylic acids is 1. The van der Waals surface area contributed by atoms with Crippen LogP contribution in [0.1, 0.15) is 6.92 Å². The molecule has 1 rings (SSSR count). The number of nitrogens with zero attached hydrogens (tertiary/aromatic N) is 3. The topological polar surface area (TPSA) is 94.0 Å². The molecular formula is C6H10N4O2. The lowest BCUT2D eigenvalue weighted by atomic mass is 10.1. The Kier molecular flexibility index (Phi) is 2.09. The highest BCUT2D eigenvalue weighted by atomic mass is 16.4. The van der Waals surface area contributed by atoms with E-state index in [2.05, 4.69) is 10.1 Å². The van der Waals surface area contributed by atoms with Gasteiger partial charge in [0.25, 0.3) is 0 Å². The first-order valence-electron chi connectivity index (χ1n) is 3.37. The van der Waals surface area contributed by atoms with Gasteiger partial charge in [0.2, 0.25) is 0 Å². The minimum absolute atomic E-state index is 0.113. The average molecular weight is 170 g/mol. The van der Waals surface area contributed by atoms with E-state index in [0.29, 0.717) is 0 Å².